The minimum absolute atomic E-state index is 0.120. The van der Waals surface area contributed by atoms with Crippen molar-refractivity contribution in [3.05, 3.63) is 79.7 Å². The largest absolute Gasteiger partial charge is 0.481 e. The fourth-order valence-corrected chi connectivity index (χ4v) is 5.49. The highest BCUT2D eigenvalue weighted by molar-refractivity contribution is 7.17. The summed E-state index contributed by atoms with van der Waals surface area (Å²) in [5, 5.41) is 17.7. The van der Waals surface area contributed by atoms with Gasteiger partial charge in [0.15, 0.2) is 6.10 Å². The van der Waals surface area contributed by atoms with Crippen LogP contribution in [0.4, 0.5) is 16.4 Å². The van der Waals surface area contributed by atoms with Crippen molar-refractivity contribution in [2.75, 3.05) is 10.6 Å². The van der Waals surface area contributed by atoms with E-state index in [0.717, 1.165) is 29.7 Å². The number of halogens is 1. The minimum atomic E-state index is -0.818. The number of carbonyl (C=O) groups is 2. The second-order valence-electron chi connectivity index (χ2n) is 8.52. The molecule has 1 heterocycles. The Morgan fingerprint density at radius 3 is 2.66 bits per heavy atom. The van der Waals surface area contributed by atoms with Crippen LogP contribution < -0.4 is 15.4 Å². The van der Waals surface area contributed by atoms with Gasteiger partial charge in [0, 0.05) is 27.7 Å². The highest BCUT2D eigenvalue weighted by Gasteiger charge is 2.29. The van der Waals surface area contributed by atoms with Gasteiger partial charge in [0.05, 0.1) is 10.5 Å². The van der Waals surface area contributed by atoms with Gasteiger partial charge in [0.2, 0.25) is 0 Å². The summed E-state index contributed by atoms with van der Waals surface area (Å²) in [7, 11) is 0. The molecule has 0 fully saturated rings. The van der Waals surface area contributed by atoms with Gasteiger partial charge < -0.3 is 15.4 Å². The fourth-order valence-electron chi connectivity index (χ4n) is 3.95. The Hall–Kier alpha value is -3.43. The molecule has 182 valence electrons. The molecule has 0 saturated heterocycles. The summed E-state index contributed by atoms with van der Waals surface area (Å²) in [6, 6.07) is 12.5. The predicted molar refractivity (Wildman–Crippen MR) is 137 cm³/mol. The minimum Gasteiger partial charge on any atom is -0.481 e. The number of amides is 2. The Bertz CT molecular complexity index is 1270. The Morgan fingerprint density at radius 1 is 1.20 bits per heavy atom. The fraction of sp³-hybridized carbons (Fsp3) is 0.280. The van der Waals surface area contributed by atoms with Crippen LogP contribution in [0, 0.1) is 16.0 Å². The lowest BCUT2D eigenvalue weighted by Crippen LogP contribution is -2.30. The van der Waals surface area contributed by atoms with Gasteiger partial charge in [-0.1, -0.05) is 24.6 Å². The Kier molecular flexibility index (Phi) is 7.37. The third kappa shape index (κ3) is 5.80. The van der Waals surface area contributed by atoms with Crippen LogP contribution in [0.5, 0.6) is 5.75 Å². The van der Waals surface area contributed by atoms with Gasteiger partial charge in [-0.05, 0) is 68.0 Å². The Morgan fingerprint density at radius 2 is 1.94 bits per heavy atom. The van der Waals surface area contributed by atoms with Crippen molar-refractivity contribution in [2.45, 2.75) is 39.2 Å². The number of carbonyl (C=O) groups excluding carboxylic acids is 2. The predicted octanol–water partition coefficient (Wildman–Crippen LogP) is 6.09. The quantitative estimate of drug-likeness (QED) is 0.293. The maximum atomic E-state index is 13.3. The monoisotopic (exact) mass is 513 g/mol. The van der Waals surface area contributed by atoms with Crippen molar-refractivity contribution in [1.82, 2.24) is 0 Å². The van der Waals surface area contributed by atoms with Crippen molar-refractivity contribution in [1.29, 1.82) is 0 Å². The van der Waals surface area contributed by atoms with Crippen LogP contribution >= 0.6 is 22.9 Å². The molecular formula is C25H24ClN3O5S. The van der Waals surface area contributed by atoms with E-state index in [9.17, 15) is 19.7 Å². The zero-order valence-electron chi connectivity index (χ0n) is 19.2. The zero-order chi connectivity index (χ0) is 25.1. The summed E-state index contributed by atoms with van der Waals surface area (Å²) < 4.78 is 5.72. The molecule has 1 aliphatic rings. The van der Waals surface area contributed by atoms with Crippen LogP contribution in [0.25, 0.3) is 0 Å². The van der Waals surface area contributed by atoms with Crippen LogP contribution in [-0.2, 0) is 17.6 Å². The van der Waals surface area contributed by atoms with E-state index in [0.29, 0.717) is 32.9 Å². The number of nitrogens with one attached hydrogen (secondary N) is 2. The number of ether oxygens (including phenoxy) is 1. The van der Waals surface area contributed by atoms with Gasteiger partial charge >= 0.3 is 0 Å². The number of fused-ring (bicyclic) bond motifs is 1. The topological polar surface area (TPSA) is 111 Å². The molecule has 0 bridgehead atoms. The van der Waals surface area contributed by atoms with Crippen molar-refractivity contribution in [2.24, 2.45) is 5.92 Å². The molecule has 2 amide bonds. The van der Waals surface area contributed by atoms with E-state index in [2.05, 4.69) is 17.6 Å². The summed E-state index contributed by atoms with van der Waals surface area (Å²) in [5.74, 6) is 0.166. The smallest absolute Gasteiger partial charge is 0.271 e. The number of nitro groups is 1. The van der Waals surface area contributed by atoms with Gasteiger partial charge in [0.25, 0.3) is 17.5 Å². The van der Waals surface area contributed by atoms with Crippen LogP contribution in [0.15, 0.2) is 48.5 Å². The molecule has 3 aromatic rings. The lowest BCUT2D eigenvalue weighted by atomic mass is 9.88. The number of nitro benzene ring substituents is 1. The van der Waals surface area contributed by atoms with E-state index in [1.807, 2.05) is 0 Å². The van der Waals surface area contributed by atoms with Gasteiger partial charge in [-0.2, -0.15) is 0 Å². The molecule has 8 nitrogen and oxygen atoms in total. The SMILES string of the molecule is CC1CCc2c(sc(NC(=O)C(C)Oc3ccc(Cl)cc3)c2C(=O)Nc2cccc([N+](=O)[O-])c2)C1. The molecule has 2 atom stereocenters. The van der Waals surface area contributed by atoms with Crippen molar-refractivity contribution < 1.29 is 19.2 Å². The van der Waals surface area contributed by atoms with E-state index in [4.69, 9.17) is 16.3 Å². The Balaban J connectivity index is 1.57. The standard InChI is InChI=1S/C25H24ClN3O5S/c1-14-6-11-20-21(12-14)35-25(28-23(30)15(2)34-19-9-7-16(26)8-10-19)22(20)24(31)27-17-4-3-5-18(13-17)29(32)33/h3-5,7-10,13-15H,6,11-12H2,1-2H3,(H,27,31)(H,28,30). The second-order valence-corrected chi connectivity index (χ2v) is 10.1. The first-order valence-corrected chi connectivity index (χ1v) is 12.3. The molecule has 4 rings (SSSR count). The summed E-state index contributed by atoms with van der Waals surface area (Å²) in [6.07, 6.45) is 1.66. The number of nitrogens with zero attached hydrogens (tertiary/aromatic N) is 1. The number of non-ortho nitro benzene ring substituents is 1. The highest BCUT2D eigenvalue weighted by Crippen LogP contribution is 2.40. The first kappa shape index (κ1) is 24.7. The van der Waals surface area contributed by atoms with E-state index in [-0.39, 0.29) is 5.69 Å². The van der Waals surface area contributed by atoms with Crippen LogP contribution in [0.2, 0.25) is 5.02 Å². The third-order valence-electron chi connectivity index (χ3n) is 5.79. The van der Waals surface area contributed by atoms with Crippen molar-refractivity contribution >= 4 is 51.1 Å². The Labute approximate surface area is 211 Å². The molecule has 0 aliphatic heterocycles. The number of hydrogen-bond acceptors (Lipinski definition) is 6. The van der Waals surface area contributed by atoms with Crippen molar-refractivity contribution in [3.63, 3.8) is 0 Å². The van der Waals surface area contributed by atoms with Gasteiger partial charge in [-0.15, -0.1) is 11.3 Å². The summed E-state index contributed by atoms with van der Waals surface area (Å²) in [5.41, 5.74) is 1.50. The molecule has 0 radical (unpaired) electrons. The molecular weight excluding hydrogens is 490 g/mol. The van der Waals surface area contributed by atoms with Gasteiger partial charge in [-0.3, -0.25) is 19.7 Å². The number of benzene rings is 2. The van der Waals surface area contributed by atoms with E-state index in [1.165, 1.54) is 29.5 Å². The average Bonchev–Trinajstić information content (AvgIpc) is 3.17. The number of anilines is 2. The number of rotatable bonds is 7. The molecule has 35 heavy (non-hydrogen) atoms. The lowest BCUT2D eigenvalue weighted by Gasteiger charge is -2.19. The van der Waals surface area contributed by atoms with Crippen LogP contribution in [-0.4, -0.2) is 22.8 Å². The lowest BCUT2D eigenvalue weighted by molar-refractivity contribution is -0.384. The van der Waals surface area contributed by atoms with Crippen LogP contribution in [0.3, 0.4) is 0 Å². The number of thiophene rings is 1. The van der Waals surface area contributed by atoms with E-state index >= 15 is 0 Å². The summed E-state index contributed by atoms with van der Waals surface area (Å²) in [4.78, 5) is 37.9. The molecule has 1 aromatic heterocycles. The first-order valence-electron chi connectivity index (χ1n) is 11.1. The van der Waals surface area contributed by atoms with Gasteiger partial charge in [-0.25, -0.2) is 0 Å². The van der Waals surface area contributed by atoms with Gasteiger partial charge in [0.1, 0.15) is 10.8 Å². The number of hydrogen-bond donors (Lipinski definition) is 2. The molecule has 2 unspecified atom stereocenters. The van der Waals surface area contributed by atoms with Crippen LogP contribution in [0.1, 0.15) is 41.1 Å². The molecule has 10 heteroatoms. The average molecular weight is 514 g/mol. The summed E-state index contributed by atoms with van der Waals surface area (Å²) >= 11 is 7.30. The van der Waals surface area contributed by atoms with Crippen molar-refractivity contribution in [3.8, 4) is 5.75 Å². The molecule has 1 aliphatic carbocycles. The van der Waals surface area contributed by atoms with E-state index in [1.54, 1.807) is 37.3 Å². The first-order chi connectivity index (χ1) is 16.7. The third-order valence-corrected chi connectivity index (χ3v) is 7.21. The molecule has 2 aromatic carbocycles. The molecule has 0 spiro atoms. The highest BCUT2D eigenvalue weighted by atomic mass is 35.5. The van der Waals surface area contributed by atoms with E-state index < -0.39 is 22.8 Å². The summed E-state index contributed by atoms with van der Waals surface area (Å²) in [6.45, 7) is 3.79. The normalized spacial score (nSPS) is 15.6. The second kappa shape index (κ2) is 10.5. The maximum absolute atomic E-state index is 13.3. The zero-order valence-corrected chi connectivity index (χ0v) is 20.7. The maximum Gasteiger partial charge on any atom is 0.271 e. The molecule has 2 N–H and O–H groups in total. The molecule has 0 saturated carbocycles.